The summed E-state index contributed by atoms with van der Waals surface area (Å²) < 4.78 is 18.9. The van der Waals surface area contributed by atoms with Gasteiger partial charge in [0.25, 0.3) is 0 Å². The smallest absolute Gasteiger partial charge is 0.123 e. The molecule has 0 aliphatic heterocycles. The lowest BCUT2D eigenvalue weighted by molar-refractivity contribution is 0.00386. The van der Waals surface area contributed by atoms with Crippen LogP contribution in [0, 0.1) is 17.1 Å². The molecule has 2 atom stereocenters. The molecule has 2 unspecified atom stereocenters. The second kappa shape index (κ2) is 5.94. The van der Waals surface area contributed by atoms with Gasteiger partial charge in [0.05, 0.1) is 24.3 Å². The van der Waals surface area contributed by atoms with Gasteiger partial charge in [0.1, 0.15) is 5.82 Å². The molecule has 2 N–H and O–H groups in total. The normalized spacial score (nSPS) is 23.6. The van der Waals surface area contributed by atoms with Gasteiger partial charge in [-0.05, 0) is 36.6 Å². The zero-order valence-corrected chi connectivity index (χ0v) is 10.2. The van der Waals surface area contributed by atoms with Crippen LogP contribution < -0.4 is 5.73 Å². The summed E-state index contributed by atoms with van der Waals surface area (Å²) >= 11 is 0. The van der Waals surface area contributed by atoms with E-state index < -0.39 is 0 Å². The summed E-state index contributed by atoms with van der Waals surface area (Å²) in [6.45, 7) is 0.249. The van der Waals surface area contributed by atoms with Gasteiger partial charge in [-0.1, -0.05) is 12.8 Å². The minimum absolute atomic E-state index is 0.0218. The summed E-state index contributed by atoms with van der Waals surface area (Å²) in [5.74, 6) is -0.347. The van der Waals surface area contributed by atoms with Gasteiger partial charge in [-0.15, -0.1) is 0 Å². The molecule has 1 aromatic rings. The predicted octanol–water partition coefficient (Wildman–Crippen LogP) is 2.48. The van der Waals surface area contributed by atoms with Gasteiger partial charge >= 0.3 is 0 Å². The number of nitrogens with two attached hydrogens (primary N) is 1. The lowest BCUT2D eigenvalue weighted by Crippen LogP contribution is -2.39. The number of benzene rings is 1. The Labute approximate surface area is 106 Å². The first-order valence-electron chi connectivity index (χ1n) is 6.26. The maximum absolute atomic E-state index is 13.1. The van der Waals surface area contributed by atoms with E-state index in [2.05, 4.69) is 0 Å². The largest absolute Gasteiger partial charge is 0.372 e. The molecule has 1 saturated carbocycles. The number of rotatable bonds is 3. The topological polar surface area (TPSA) is 59.0 Å². The summed E-state index contributed by atoms with van der Waals surface area (Å²) in [7, 11) is 0. The molecule has 1 aliphatic rings. The molecule has 96 valence electrons. The SMILES string of the molecule is N#Cc1ccc(F)cc1COC1CCCCC1N. The first-order valence-corrected chi connectivity index (χ1v) is 6.26. The van der Waals surface area contributed by atoms with Crippen molar-refractivity contribution in [1.82, 2.24) is 0 Å². The van der Waals surface area contributed by atoms with E-state index in [1.807, 2.05) is 6.07 Å². The maximum atomic E-state index is 13.1. The molecule has 4 heteroatoms. The molecular weight excluding hydrogens is 231 g/mol. The van der Waals surface area contributed by atoms with E-state index in [1.54, 1.807) is 0 Å². The number of hydrogen-bond donors (Lipinski definition) is 1. The van der Waals surface area contributed by atoms with Crippen molar-refractivity contribution in [3.05, 3.63) is 35.1 Å². The van der Waals surface area contributed by atoms with Crippen molar-refractivity contribution in [1.29, 1.82) is 5.26 Å². The number of hydrogen-bond acceptors (Lipinski definition) is 3. The van der Waals surface area contributed by atoms with Crippen LogP contribution in [0.4, 0.5) is 4.39 Å². The van der Waals surface area contributed by atoms with Crippen LogP contribution >= 0.6 is 0 Å². The predicted molar refractivity (Wildman–Crippen MR) is 66.1 cm³/mol. The average molecular weight is 248 g/mol. The Morgan fingerprint density at radius 1 is 1.39 bits per heavy atom. The van der Waals surface area contributed by atoms with E-state index in [4.69, 9.17) is 15.7 Å². The minimum atomic E-state index is -0.347. The molecule has 18 heavy (non-hydrogen) atoms. The Balaban J connectivity index is 2.01. The summed E-state index contributed by atoms with van der Waals surface area (Å²) in [5, 5.41) is 8.95. The minimum Gasteiger partial charge on any atom is -0.372 e. The molecule has 0 radical (unpaired) electrons. The lowest BCUT2D eigenvalue weighted by atomic mass is 9.93. The standard InChI is InChI=1S/C14H17FN2O/c15-12-6-5-10(8-16)11(7-12)9-18-14-4-2-1-3-13(14)17/h5-7,13-14H,1-4,9,17H2. The summed E-state index contributed by atoms with van der Waals surface area (Å²) in [4.78, 5) is 0. The number of nitriles is 1. The highest BCUT2D eigenvalue weighted by Crippen LogP contribution is 2.21. The Kier molecular flexibility index (Phi) is 4.29. The van der Waals surface area contributed by atoms with Crippen LogP contribution in [0.1, 0.15) is 36.8 Å². The third-order valence-electron chi connectivity index (χ3n) is 3.39. The number of halogens is 1. The first kappa shape index (κ1) is 13.0. The highest BCUT2D eigenvalue weighted by atomic mass is 19.1. The summed E-state index contributed by atoms with van der Waals surface area (Å²) in [6, 6.07) is 6.22. The molecule has 3 nitrogen and oxygen atoms in total. The van der Waals surface area contributed by atoms with Crippen LogP contribution in [0.15, 0.2) is 18.2 Å². The number of ether oxygens (including phenoxy) is 1. The van der Waals surface area contributed by atoms with E-state index in [0.29, 0.717) is 11.1 Å². The Morgan fingerprint density at radius 3 is 2.89 bits per heavy atom. The van der Waals surface area contributed by atoms with Crippen molar-refractivity contribution < 1.29 is 9.13 Å². The van der Waals surface area contributed by atoms with Crippen LogP contribution in [-0.2, 0) is 11.3 Å². The monoisotopic (exact) mass is 248 g/mol. The van der Waals surface area contributed by atoms with Crippen molar-refractivity contribution in [2.75, 3.05) is 0 Å². The maximum Gasteiger partial charge on any atom is 0.123 e. The fraction of sp³-hybridized carbons (Fsp3) is 0.500. The molecule has 1 aliphatic carbocycles. The molecular formula is C14H17FN2O. The van der Waals surface area contributed by atoms with E-state index >= 15 is 0 Å². The first-order chi connectivity index (χ1) is 8.70. The summed E-state index contributed by atoms with van der Waals surface area (Å²) in [5.41, 5.74) is 7.03. The zero-order valence-electron chi connectivity index (χ0n) is 10.2. The van der Waals surface area contributed by atoms with Gasteiger partial charge < -0.3 is 10.5 Å². The highest BCUT2D eigenvalue weighted by Gasteiger charge is 2.22. The second-order valence-corrected chi connectivity index (χ2v) is 4.71. The molecule has 0 aromatic heterocycles. The second-order valence-electron chi connectivity index (χ2n) is 4.71. The van der Waals surface area contributed by atoms with Crippen LogP contribution in [0.5, 0.6) is 0 Å². The highest BCUT2D eigenvalue weighted by molar-refractivity contribution is 5.37. The van der Waals surface area contributed by atoms with Crippen LogP contribution in [0.2, 0.25) is 0 Å². The molecule has 0 heterocycles. The summed E-state index contributed by atoms with van der Waals surface area (Å²) in [6.07, 6.45) is 4.20. The molecule has 0 amide bonds. The Morgan fingerprint density at radius 2 is 2.17 bits per heavy atom. The zero-order chi connectivity index (χ0) is 13.0. The number of nitrogens with zero attached hydrogens (tertiary/aromatic N) is 1. The van der Waals surface area contributed by atoms with Crippen LogP contribution in [0.25, 0.3) is 0 Å². The van der Waals surface area contributed by atoms with Gasteiger partial charge in [0.2, 0.25) is 0 Å². The Bertz CT molecular complexity index is 456. The van der Waals surface area contributed by atoms with Crippen molar-refractivity contribution >= 4 is 0 Å². The third kappa shape index (κ3) is 3.06. The Hall–Kier alpha value is -1.44. The van der Waals surface area contributed by atoms with E-state index in [1.165, 1.54) is 18.2 Å². The molecule has 1 fully saturated rings. The van der Waals surface area contributed by atoms with Crippen molar-refractivity contribution in [3.8, 4) is 6.07 Å². The van der Waals surface area contributed by atoms with E-state index in [9.17, 15) is 4.39 Å². The van der Waals surface area contributed by atoms with E-state index in [-0.39, 0.29) is 24.6 Å². The molecule has 0 bridgehead atoms. The van der Waals surface area contributed by atoms with Gasteiger partial charge in [0.15, 0.2) is 0 Å². The van der Waals surface area contributed by atoms with Gasteiger partial charge in [-0.25, -0.2) is 4.39 Å². The average Bonchev–Trinajstić information content (AvgIpc) is 2.38. The quantitative estimate of drug-likeness (QED) is 0.894. The molecule has 1 aromatic carbocycles. The van der Waals surface area contributed by atoms with Gasteiger partial charge in [-0.3, -0.25) is 0 Å². The van der Waals surface area contributed by atoms with Crippen molar-refractivity contribution in [2.45, 2.75) is 44.4 Å². The molecule has 2 rings (SSSR count). The van der Waals surface area contributed by atoms with Gasteiger partial charge in [0, 0.05) is 6.04 Å². The molecule has 0 spiro atoms. The van der Waals surface area contributed by atoms with Crippen molar-refractivity contribution in [2.24, 2.45) is 5.73 Å². The third-order valence-corrected chi connectivity index (χ3v) is 3.39. The molecule has 0 saturated heterocycles. The van der Waals surface area contributed by atoms with E-state index in [0.717, 1.165) is 25.7 Å². The van der Waals surface area contributed by atoms with Gasteiger partial charge in [-0.2, -0.15) is 5.26 Å². The fourth-order valence-electron chi connectivity index (χ4n) is 2.32. The fourth-order valence-corrected chi connectivity index (χ4v) is 2.32. The van der Waals surface area contributed by atoms with Crippen LogP contribution in [-0.4, -0.2) is 12.1 Å². The van der Waals surface area contributed by atoms with Crippen LogP contribution in [0.3, 0.4) is 0 Å². The lowest BCUT2D eigenvalue weighted by Gasteiger charge is -2.28. The van der Waals surface area contributed by atoms with Crippen molar-refractivity contribution in [3.63, 3.8) is 0 Å².